The summed E-state index contributed by atoms with van der Waals surface area (Å²) >= 11 is 0. The molecule has 3 aliphatic heterocycles. The zero-order valence-corrected chi connectivity index (χ0v) is 26.1. The van der Waals surface area contributed by atoms with Crippen LogP contribution in [0.5, 0.6) is 0 Å². The predicted octanol–water partition coefficient (Wildman–Crippen LogP) is 4.99. The molecule has 0 bridgehead atoms. The van der Waals surface area contributed by atoms with Crippen molar-refractivity contribution in [2.75, 3.05) is 11.4 Å². The van der Waals surface area contributed by atoms with Crippen molar-refractivity contribution in [3.8, 4) is 0 Å². The molecule has 1 aromatic heterocycles. The monoisotopic (exact) mass is 634 g/mol. The van der Waals surface area contributed by atoms with Gasteiger partial charge in [0.15, 0.2) is 6.54 Å². The fourth-order valence-electron chi connectivity index (χ4n) is 6.63. The number of nitrogens with zero attached hydrogens (tertiary/aromatic N) is 3. The molecule has 3 aromatic rings. The zero-order chi connectivity index (χ0) is 31.9. The van der Waals surface area contributed by atoms with Crippen LogP contribution in [0.1, 0.15) is 76.7 Å². The first kappa shape index (κ1) is 30.7. The van der Waals surface area contributed by atoms with Gasteiger partial charge in [-0.25, -0.2) is 4.79 Å². The van der Waals surface area contributed by atoms with Crippen LogP contribution in [-0.2, 0) is 41.3 Å². The van der Waals surface area contributed by atoms with Gasteiger partial charge in [0, 0.05) is 61.2 Å². The third-order valence-electron chi connectivity index (χ3n) is 8.75. The normalized spacial score (nSPS) is 17.9. The Morgan fingerprint density at radius 2 is 1.80 bits per heavy atom. The molecule has 1 saturated heterocycles. The Bertz CT molecular complexity index is 1860. The van der Waals surface area contributed by atoms with Crippen molar-refractivity contribution in [3.63, 3.8) is 0 Å². The zero-order valence-electron chi connectivity index (χ0n) is 25.3. The number of allylic oxidation sites excluding steroid dienone is 3. The molecule has 4 heterocycles. The second-order valence-corrected chi connectivity index (χ2v) is 13.6. The lowest BCUT2D eigenvalue weighted by Gasteiger charge is -2.33. The number of aromatic nitrogens is 1. The first-order chi connectivity index (χ1) is 21.4. The molecule has 6 rings (SSSR count). The van der Waals surface area contributed by atoms with Gasteiger partial charge in [0.05, 0.1) is 11.0 Å². The number of unbranched alkanes of at least 4 members (excludes halogenated alkanes) is 2. The molecule has 0 radical (unpaired) electrons. The number of amides is 2. The van der Waals surface area contributed by atoms with Gasteiger partial charge >= 0.3 is 11.9 Å². The molecular formula is C33H36N3O8S+. The van der Waals surface area contributed by atoms with Gasteiger partial charge < -0.3 is 14.2 Å². The molecule has 1 N–H and O–H groups in total. The summed E-state index contributed by atoms with van der Waals surface area (Å²) in [7, 11) is -4.41. The maximum absolute atomic E-state index is 12.2. The van der Waals surface area contributed by atoms with E-state index in [1.807, 2.05) is 10.6 Å². The van der Waals surface area contributed by atoms with E-state index in [-0.39, 0.29) is 29.6 Å². The fraction of sp³-hybridized carbons (Fsp3) is 0.394. The number of fused-ring (bicyclic) bond motifs is 4. The summed E-state index contributed by atoms with van der Waals surface area (Å²) < 4.78 is 41.3. The van der Waals surface area contributed by atoms with Crippen molar-refractivity contribution < 1.29 is 41.2 Å². The summed E-state index contributed by atoms with van der Waals surface area (Å²) in [4.78, 5) is 42.7. The highest BCUT2D eigenvalue weighted by Gasteiger charge is 2.42. The predicted molar refractivity (Wildman–Crippen MR) is 164 cm³/mol. The van der Waals surface area contributed by atoms with E-state index in [1.165, 1.54) is 34.7 Å². The molecule has 2 amide bonds. The molecular weight excluding hydrogens is 598 g/mol. The number of imide groups is 1. The van der Waals surface area contributed by atoms with E-state index in [1.54, 1.807) is 6.07 Å². The molecule has 11 nitrogen and oxygen atoms in total. The summed E-state index contributed by atoms with van der Waals surface area (Å²) in [6, 6.07) is 12.8. The summed E-state index contributed by atoms with van der Waals surface area (Å²) in [5.41, 5.74) is 5.85. The number of rotatable bonds is 10. The van der Waals surface area contributed by atoms with Crippen molar-refractivity contribution in [2.24, 2.45) is 0 Å². The highest BCUT2D eigenvalue weighted by Crippen LogP contribution is 2.51. The van der Waals surface area contributed by atoms with Gasteiger partial charge in [-0.2, -0.15) is 13.0 Å². The number of carbonyl (C=O) groups excluding carboxylic acids is 3. The van der Waals surface area contributed by atoms with Crippen molar-refractivity contribution in [2.45, 2.75) is 82.1 Å². The standard InChI is InChI=1S/C33H35N3O8S/c1-33(2)24-10-5-6-11-25(24)35-20-8-9-22(32(33)35)13-18-30-34(26-15-14-23(45(40,41)42)21-27(26)43-30)19-7-3-4-12-31(39)44-36-28(37)16-17-29(36)38/h5-6,10-11,13-15,18,21H,3-4,7-9,12,16-17,19-20H2,1-2H3/p+1. The van der Waals surface area contributed by atoms with E-state index in [0.29, 0.717) is 47.9 Å². The number of oxazole rings is 1. The van der Waals surface area contributed by atoms with Crippen molar-refractivity contribution in [1.82, 2.24) is 5.06 Å². The summed E-state index contributed by atoms with van der Waals surface area (Å²) in [6.45, 7) is 5.96. The van der Waals surface area contributed by atoms with Crippen molar-refractivity contribution in [3.05, 3.63) is 71.3 Å². The minimum atomic E-state index is -4.41. The molecule has 236 valence electrons. The van der Waals surface area contributed by atoms with Crippen LogP contribution in [0.25, 0.3) is 17.2 Å². The van der Waals surface area contributed by atoms with Gasteiger partial charge in [-0.05, 0) is 55.0 Å². The van der Waals surface area contributed by atoms with Crippen molar-refractivity contribution >= 4 is 50.8 Å². The lowest BCUT2D eigenvalue weighted by Crippen LogP contribution is -2.35. The average Bonchev–Trinajstić information content (AvgIpc) is 3.60. The Kier molecular flexibility index (Phi) is 8.13. The van der Waals surface area contributed by atoms with Crippen LogP contribution in [0.3, 0.4) is 0 Å². The highest BCUT2D eigenvalue weighted by atomic mass is 32.2. The van der Waals surface area contributed by atoms with Gasteiger partial charge in [0.25, 0.3) is 27.4 Å². The van der Waals surface area contributed by atoms with E-state index in [0.717, 1.165) is 19.4 Å². The Hall–Kier alpha value is -4.29. The molecule has 0 saturated carbocycles. The smallest absolute Gasteiger partial charge is 0.374 e. The number of hydrogen-bond donors (Lipinski definition) is 1. The quantitative estimate of drug-likeness (QED) is 0.141. The number of para-hydroxylation sites is 1. The maximum Gasteiger partial charge on any atom is 0.374 e. The first-order valence-corrected chi connectivity index (χ1v) is 16.7. The summed E-state index contributed by atoms with van der Waals surface area (Å²) in [6.07, 6.45) is 7.89. The van der Waals surface area contributed by atoms with Gasteiger partial charge in [0.1, 0.15) is 0 Å². The number of benzene rings is 2. The molecule has 3 aliphatic rings. The van der Waals surface area contributed by atoms with Crippen LogP contribution in [0.15, 0.2) is 69.1 Å². The van der Waals surface area contributed by atoms with E-state index in [9.17, 15) is 27.4 Å². The summed E-state index contributed by atoms with van der Waals surface area (Å²) in [5, 5.41) is 0.558. The number of aryl methyl sites for hydroxylation is 1. The number of carbonyl (C=O) groups is 3. The van der Waals surface area contributed by atoms with E-state index >= 15 is 0 Å². The third-order valence-corrected chi connectivity index (χ3v) is 9.60. The molecule has 45 heavy (non-hydrogen) atoms. The molecule has 0 aliphatic carbocycles. The lowest BCUT2D eigenvalue weighted by molar-refractivity contribution is -0.678. The van der Waals surface area contributed by atoms with Crippen molar-refractivity contribution in [1.29, 1.82) is 0 Å². The third kappa shape index (κ3) is 5.91. The van der Waals surface area contributed by atoms with E-state index in [2.05, 4.69) is 49.1 Å². The molecule has 0 atom stereocenters. The van der Waals surface area contributed by atoms with Crippen LogP contribution in [0.4, 0.5) is 5.69 Å². The van der Waals surface area contributed by atoms with Gasteiger partial charge in [-0.15, -0.1) is 5.06 Å². The largest absolute Gasteiger partial charge is 0.398 e. The maximum atomic E-state index is 12.2. The number of hydrogen-bond acceptors (Lipinski definition) is 8. The van der Waals surface area contributed by atoms with Gasteiger partial charge in [-0.3, -0.25) is 14.1 Å². The lowest BCUT2D eigenvalue weighted by atomic mass is 9.80. The Morgan fingerprint density at radius 3 is 2.56 bits per heavy atom. The van der Waals surface area contributed by atoms with Crippen LogP contribution in [-0.4, -0.2) is 42.4 Å². The minimum Gasteiger partial charge on any atom is -0.398 e. The number of anilines is 1. The Labute approximate surface area is 261 Å². The van der Waals surface area contributed by atoms with Gasteiger partial charge in [-0.1, -0.05) is 32.0 Å². The Balaban J connectivity index is 1.22. The van der Waals surface area contributed by atoms with E-state index in [4.69, 9.17) is 9.25 Å². The van der Waals surface area contributed by atoms with Crippen LogP contribution in [0, 0.1) is 0 Å². The topological polar surface area (TPSA) is 138 Å². The second-order valence-electron chi connectivity index (χ2n) is 12.2. The van der Waals surface area contributed by atoms with Crippen LogP contribution in [0.2, 0.25) is 0 Å². The summed E-state index contributed by atoms with van der Waals surface area (Å²) in [5.74, 6) is -1.11. The Morgan fingerprint density at radius 1 is 1.04 bits per heavy atom. The average molecular weight is 635 g/mol. The minimum absolute atomic E-state index is 0.0484. The molecule has 1 fully saturated rings. The molecule has 0 spiro atoms. The SMILES string of the molecule is CC1(C)C2=C(/C=C/c3oc4cc(S(=O)(=O)O)ccc4[n+]3CCCCCC(=O)ON3C(=O)CCC3=O)CCCN2c2ccccc21. The molecule has 0 unspecified atom stereocenters. The fourth-order valence-corrected chi connectivity index (χ4v) is 7.13. The van der Waals surface area contributed by atoms with Gasteiger partial charge in [0.2, 0.25) is 5.58 Å². The highest BCUT2D eigenvalue weighted by molar-refractivity contribution is 7.85. The van der Waals surface area contributed by atoms with E-state index < -0.39 is 27.9 Å². The van der Waals surface area contributed by atoms with Crippen LogP contribution < -0.4 is 9.47 Å². The molecule has 2 aromatic carbocycles. The molecule has 12 heteroatoms. The second kappa shape index (κ2) is 11.9. The first-order valence-electron chi connectivity index (χ1n) is 15.2. The van der Waals surface area contributed by atoms with Crippen LogP contribution >= 0.6 is 0 Å². The number of hydroxylamine groups is 2.